The van der Waals surface area contributed by atoms with Crippen LogP contribution in [0.25, 0.3) is 0 Å². The second kappa shape index (κ2) is 6.67. The smallest absolute Gasteiger partial charge is 0.327 e. The molecule has 5 nitrogen and oxygen atoms in total. The van der Waals surface area contributed by atoms with E-state index in [0.717, 1.165) is 5.56 Å². The fourth-order valence-electron chi connectivity index (χ4n) is 1.53. The number of rotatable bonds is 7. The van der Waals surface area contributed by atoms with Crippen molar-refractivity contribution < 1.29 is 17.9 Å². The highest BCUT2D eigenvalue weighted by Gasteiger charge is 2.33. The number of sulfonamides is 1. The molecule has 0 amide bonds. The molecular formula is C14H19NO4S. The molecule has 0 aromatic heterocycles. The third-order valence-electron chi connectivity index (χ3n) is 2.47. The van der Waals surface area contributed by atoms with Crippen molar-refractivity contribution in [1.82, 2.24) is 4.72 Å². The number of carbonyl (C=O) groups excluding carboxylic acids is 1. The quantitative estimate of drug-likeness (QED) is 0.613. The van der Waals surface area contributed by atoms with Crippen molar-refractivity contribution in [3.63, 3.8) is 0 Å². The summed E-state index contributed by atoms with van der Waals surface area (Å²) in [6.07, 6.45) is 1.26. The van der Waals surface area contributed by atoms with Crippen molar-refractivity contribution in [2.75, 3.05) is 5.75 Å². The van der Waals surface area contributed by atoms with Crippen molar-refractivity contribution in [3.8, 4) is 0 Å². The minimum atomic E-state index is -3.59. The molecule has 0 saturated heterocycles. The third kappa shape index (κ3) is 5.14. The molecule has 110 valence electrons. The minimum Gasteiger partial charge on any atom is -0.459 e. The van der Waals surface area contributed by atoms with Gasteiger partial charge < -0.3 is 4.74 Å². The van der Waals surface area contributed by atoms with Crippen molar-refractivity contribution in [1.29, 1.82) is 0 Å². The molecule has 0 unspecified atom stereocenters. The molecule has 0 saturated carbocycles. The Morgan fingerprint density at radius 2 is 1.95 bits per heavy atom. The molecule has 0 bridgehead atoms. The lowest BCUT2D eigenvalue weighted by atomic mass is 10.1. The average Bonchev–Trinajstić information content (AvgIpc) is 2.35. The Balaban J connectivity index is 2.63. The van der Waals surface area contributed by atoms with Gasteiger partial charge in [0, 0.05) is 0 Å². The first-order valence-corrected chi connectivity index (χ1v) is 7.76. The van der Waals surface area contributed by atoms with E-state index in [1.165, 1.54) is 19.9 Å². The SMILES string of the molecule is C=CCS(=O)(=O)NC(C)(C)C(=O)OCc1ccccc1. The van der Waals surface area contributed by atoms with Gasteiger partial charge in [-0.25, -0.2) is 8.42 Å². The van der Waals surface area contributed by atoms with Crippen LogP contribution < -0.4 is 4.72 Å². The van der Waals surface area contributed by atoms with Crippen LogP contribution in [0, 0.1) is 0 Å². The standard InChI is InChI=1S/C14H19NO4S/c1-4-10-20(17,18)15-14(2,3)13(16)19-11-12-8-6-5-7-9-12/h4-9,15H,1,10-11H2,2-3H3. The number of nitrogens with one attached hydrogen (secondary N) is 1. The molecule has 0 spiro atoms. The summed E-state index contributed by atoms with van der Waals surface area (Å²) in [5.74, 6) is -0.878. The van der Waals surface area contributed by atoms with E-state index < -0.39 is 21.5 Å². The van der Waals surface area contributed by atoms with E-state index in [1.54, 1.807) is 0 Å². The topological polar surface area (TPSA) is 72.5 Å². The largest absolute Gasteiger partial charge is 0.459 e. The molecule has 1 aromatic carbocycles. The number of hydrogen-bond donors (Lipinski definition) is 1. The summed E-state index contributed by atoms with van der Waals surface area (Å²) in [6.45, 7) is 6.38. The molecule has 0 aliphatic heterocycles. The van der Waals surface area contributed by atoms with Gasteiger partial charge in [0.05, 0.1) is 5.75 Å². The Kier molecular flexibility index (Phi) is 5.47. The summed E-state index contributed by atoms with van der Waals surface area (Å²) in [5.41, 5.74) is -0.484. The fraction of sp³-hybridized carbons (Fsp3) is 0.357. The highest BCUT2D eigenvalue weighted by Crippen LogP contribution is 2.10. The second-order valence-corrected chi connectivity index (χ2v) is 6.63. The predicted octanol–water partition coefficient (Wildman–Crippen LogP) is 1.61. The van der Waals surface area contributed by atoms with Gasteiger partial charge in [0.25, 0.3) is 0 Å². The van der Waals surface area contributed by atoms with Gasteiger partial charge in [0.15, 0.2) is 0 Å². The van der Waals surface area contributed by atoms with E-state index in [2.05, 4.69) is 11.3 Å². The average molecular weight is 297 g/mol. The van der Waals surface area contributed by atoms with Crippen LogP contribution in [0.15, 0.2) is 43.0 Å². The zero-order valence-electron chi connectivity index (χ0n) is 11.6. The molecule has 1 aromatic rings. The van der Waals surface area contributed by atoms with Crippen molar-refractivity contribution in [2.24, 2.45) is 0 Å². The summed E-state index contributed by atoms with van der Waals surface area (Å²) in [5, 5.41) is 0. The van der Waals surface area contributed by atoms with E-state index in [0.29, 0.717) is 0 Å². The normalized spacial score (nSPS) is 11.9. The van der Waals surface area contributed by atoms with Crippen LogP contribution in [0.5, 0.6) is 0 Å². The van der Waals surface area contributed by atoms with E-state index >= 15 is 0 Å². The van der Waals surface area contributed by atoms with Gasteiger partial charge in [-0.3, -0.25) is 4.79 Å². The summed E-state index contributed by atoms with van der Waals surface area (Å²) in [7, 11) is -3.59. The lowest BCUT2D eigenvalue weighted by Gasteiger charge is -2.23. The zero-order valence-corrected chi connectivity index (χ0v) is 12.4. The number of ether oxygens (including phenoxy) is 1. The molecule has 0 atom stereocenters. The van der Waals surface area contributed by atoms with E-state index in [4.69, 9.17) is 4.74 Å². The molecule has 1 N–H and O–H groups in total. The first-order chi connectivity index (χ1) is 9.27. The van der Waals surface area contributed by atoms with Crippen LogP contribution in [-0.2, 0) is 26.2 Å². The van der Waals surface area contributed by atoms with Gasteiger partial charge in [-0.1, -0.05) is 36.4 Å². The van der Waals surface area contributed by atoms with E-state index in [1.807, 2.05) is 30.3 Å². The highest BCUT2D eigenvalue weighted by atomic mass is 32.2. The molecule has 0 heterocycles. The van der Waals surface area contributed by atoms with E-state index in [-0.39, 0.29) is 12.4 Å². The van der Waals surface area contributed by atoms with Crippen LogP contribution >= 0.6 is 0 Å². The molecule has 0 aliphatic carbocycles. The molecular weight excluding hydrogens is 278 g/mol. The summed E-state index contributed by atoms with van der Waals surface area (Å²) < 4.78 is 30.7. The fourth-order valence-corrected chi connectivity index (χ4v) is 2.79. The van der Waals surface area contributed by atoms with Crippen LogP contribution in [-0.4, -0.2) is 25.7 Å². The number of esters is 1. The summed E-state index contributed by atoms with van der Waals surface area (Å²) in [6, 6.07) is 9.17. The monoisotopic (exact) mass is 297 g/mol. The molecule has 20 heavy (non-hydrogen) atoms. The Labute approximate surface area is 119 Å². The van der Waals surface area contributed by atoms with E-state index in [9.17, 15) is 13.2 Å². The van der Waals surface area contributed by atoms with Gasteiger partial charge >= 0.3 is 5.97 Å². The summed E-state index contributed by atoms with van der Waals surface area (Å²) in [4.78, 5) is 11.9. The number of benzene rings is 1. The maximum absolute atomic E-state index is 11.9. The lowest BCUT2D eigenvalue weighted by molar-refractivity contribution is -0.150. The number of carbonyl (C=O) groups is 1. The van der Waals surface area contributed by atoms with Gasteiger partial charge in [0.2, 0.25) is 10.0 Å². The lowest BCUT2D eigenvalue weighted by Crippen LogP contribution is -2.50. The molecule has 6 heteroatoms. The molecule has 0 fully saturated rings. The highest BCUT2D eigenvalue weighted by molar-refractivity contribution is 7.89. The minimum absolute atomic E-state index is 0.103. The maximum atomic E-state index is 11.9. The van der Waals surface area contributed by atoms with Crippen molar-refractivity contribution in [3.05, 3.63) is 48.6 Å². The van der Waals surface area contributed by atoms with Crippen LogP contribution in [0.1, 0.15) is 19.4 Å². The van der Waals surface area contributed by atoms with Crippen molar-refractivity contribution in [2.45, 2.75) is 26.0 Å². The van der Waals surface area contributed by atoms with Gasteiger partial charge in [-0.15, -0.1) is 6.58 Å². The Morgan fingerprint density at radius 3 is 2.50 bits per heavy atom. The van der Waals surface area contributed by atoms with Gasteiger partial charge in [-0.05, 0) is 19.4 Å². The van der Waals surface area contributed by atoms with Crippen LogP contribution in [0.4, 0.5) is 0 Å². The maximum Gasteiger partial charge on any atom is 0.327 e. The third-order valence-corrected chi connectivity index (χ3v) is 3.97. The Morgan fingerprint density at radius 1 is 1.35 bits per heavy atom. The van der Waals surface area contributed by atoms with Gasteiger partial charge in [0.1, 0.15) is 12.1 Å². The summed E-state index contributed by atoms with van der Waals surface area (Å²) >= 11 is 0. The molecule has 0 aliphatic rings. The predicted molar refractivity (Wildman–Crippen MR) is 77.4 cm³/mol. The van der Waals surface area contributed by atoms with Gasteiger partial charge in [-0.2, -0.15) is 4.72 Å². The van der Waals surface area contributed by atoms with Crippen molar-refractivity contribution >= 4 is 16.0 Å². The van der Waals surface area contributed by atoms with Crippen LogP contribution in [0.2, 0.25) is 0 Å². The Bertz CT molecular complexity index is 564. The first kappa shape index (κ1) is 16.4. The first-order valence-electron chi connectivity index (χ1n) is 6.10. The molecule has 1 rings (SSSR count). The Hall–Kier alpha value is -1.66. The zero-order chi connectivity index (χ0) is 15.2. The van der Waals surface area contributed by atoms with Crippen LogP contribution in [0.3, 0.4) is 0 Å². The second-order valence-electron chi connectivity index (χ2n) is 4.86. The molecule has 0 radical (unpaired) electrons. The number of hydrogen-bond acceptors (Lipinski definition) is 4.